The fourth-order valence-corrected chi connectivity index (χ4v) is 5.10. The summed E-state index contributed by atoms with van der Waals surface area (Å²) < 4.78 is 0. The smallest absolute Gasteiger partial charge is 0.230 e. The van der Waals surface area contributed by atoms with Gasteiger partial charge in [0.25, 0.3) is 0 Å². The van der Waals surface area contributed by atoms with Crippen LogP contribution in [0.5, 0.6) is 0 Å². The highest BCUT2D eigenvalue weighted by Gasteiger charge is 2.32. The first-order valence-corrected chi connectivity index (χ1v) is 10.5. The van der Waals surface area contributed by atoms with Crippen LogP contribution in [0.4, 0.5) is 0 Å². The number of thioether (sulfide) groups is 1. The fraction of sp³-hybridized carbons (Fsp3) is 0.684. The Morgan fingerprint density at radius 2 is 2.17 bits per heavy atom. The second-order valence-electron chi connectivity index (χ2n) is 6.94. The van der Waals surface area contributed by atoms with E-state index in [-0.39, 0.29) is 5.91 Å². The molecule has 4 nitrogen and oxygen atoms in total. The molecule has 0 unspecified atom stereocenters. The molecule has 5 heteroatoms. The first-order valence-electron chi connectivity index (χ1n) is 9.31. The van der Waals surface area contributed by atoms with Gasteiger partial charge in [0, 0.05) is 30.9 Å². The Labute approximate surface area is 149 Å². The topological polar surface area (TPSA) is 45.2 Å². The zero-order valence-electron chi connectivity index (χ0n) is 14.5. The molecule has 2 fully saturated rings. The summed E-state index contributed by atoms with van der Waals surface area (Å²) in [6.45, 7) is 3.26. The lowest BCUT2D eigenvalue weighted by atomic mass is 9.85. The molecular weight excluding hydrogens is 318 g/mol. The van der Waals surface area contributed by atoms with Gasteiger partial charge in [0.2, 0.25) is 5.91 Å². The predicted molar refractivity (Wildman–Crippen MR) is 100 cm³/mol. The number of carbonyl (C=O) groups is 1. The van der Waals surface area contributed by atoms with Gasteiger partial charge in [-0.2, -0.15) is 11.8 Å². The normalized spacial score (nSPS) is 24.3. The van der Waals surface area contributed by atoms with Crippen LogP contribution in [0.1, 0.15) is 37.8 Å². The third kappa shape index (κ3) is 5.21. The van der Waals surface area contributed by atoms with E-state index in [2.05, 4.69) is 15.2 Å². The average molecular weight is 348 g/mol. The van der Waals surface area contributed by atoms with E-state index in [1.165, 1.54) is 45.2 Å². The standard InChI is InChI=1S/C19H29N3OS/c23-19(21-11-9-17-7-1-3-10-20-17)15-24-14-16-6-5-13-22-12-4-2-8-18(16)22/h1,3,7,10,16,18H,2,4-6,8-9,11-15H2,(H,21,23)/t16-,18-/m0/s1. The largest absolute Gasteiger partial charge is 0.355 e. The minimum atomic E-state index is 0.159. The average Bonchev–Trinajstić information content (AvgIpc) is 2.63. The number of nitrogens with zero attached hydrogens (tertiary/aromatic N) is 2. The van der Waals surface area contributed by atoms with Crippen molar-refractivity contribution in [1.82, 2.24) is 15.2 Å². The molecule has 1 aromatic heterocycles. The summed E-state index contributed by atoms with van der Waals surface area (Å²) in [5.41, 5.74) is 1.03. The van der Waals surface area contributed by atoms with Gasteiger partial charge in [-0.3, -0.25) is 9.78 Å². The molecule has 0 aliphatic carbocycles. The van der Waals surface area contributed by atoms with Crippen molar-refractivity contribution in [3.63, 3.8) is 0 Å². The molecule has 132 valence electrons. The van der Waals surface area contributed by atoms with Crippen molar-refractivity contribution in [2.24, 2.45) is 5.92 Å². The van der Waals surface area contributed by atoms with Crippen LogP contribution in [0.25, 0.3) is 0 Å². The Morgan fingerprint density at radius 1 is 1.25 bits per heavy atom. The maximum absolute atomic E-state index is 12.0. The number of carbonyl (C=O) groups excluding carboxylic acids is 1. The molecule has 0 spiro atoms. The number of pyridine rings is 1. The van der Waals surface area contributed by atoms with Crippen LogP contribution < -0.4 is 5.32 Å². The predicted octanol–water partition coefficient (Wildman–Crippen LogP) is 2.74. The summed E-state index contributed by atoms with van der Waals surface area (Å²) >= 11 is 1.82. The summed E-state index contributed by atoms with van der Waals surface area (Å²) in [4.78, 5) is 19.0. The van der Waals surface area contributed by atoms with Crippen molar-refractivity contribution in [1.29, 1.82) is 0 Å². The van der Waals surface area contributed by atoms with Crippen LogP contribution in [0.2, 0.25) is 0 Å². The summed E-state index contributed by atoms with van der Waals surface area (Å²) in [7, 11) is 0. The lowest BCUT2D eigenvalue weighted by Crippen LogP contribution is -2.48. The molecule has 1 amide bonds. The molecule has 1 N–H and O–H groups in total. The van der Waals surface area contributed by atoms with Crippen LogP contribution >= 0.6 is 11.8 Å². The molecule has 24 heavy (non-hydrogen) atoms. The lowest BCUT2D eigenvalue weighted by molar-refractivity contribution is -0.118. The highest BCUT2D eigenvalue weighted by Crippen LogP contribution is 2.32. The van der Waals surface area contributed by atoms with Gasteiger partial charge in [-0.25, -0.2) is 0 Å². The number of piperidine rings is 2. The van der Waals surface area contributed by atoms with Crippen molar-refractivity contribution >= 4 is 17.7 Å². The van der Waals surface area contributed by atoms with Gasteiger partial charge in [-0.15, -0.1) is 0 Å². The van der Waals surface area contributed by atoms with E-state index < -0.39 is 0 Å². The minimum absolute atomic E-state index is 0.159. The molecule has 0 saturated carbocycles. The summed E-state index contributed by atoms with van der Waals surface area (Å²) in [6, 6.07) is 6.68. The van der Waals surface area contributed by atoms with Gasteiger partial charge < -0.3 is 10.2 Å². The maximum atomic E-state index is 12.0. The number of amides is 1. The number of hydrogen-bond donors (Lipinski definition) is 1. The molecular formula is C19H29N3OS. The number of nitrogens with one attached hydrogen (secondary N) is 1. The SMILES string of the molecule is O=C(CSC[C@@H]1CCCN2CCCC[C@@H]12)NCCc1ccccn1. The molecule has 0 radical (unpaired) electrons. The lowest BCUT2D eigenvalue weighted by Gasteiger charge is -2.44. The van der Waals surface area contributed by atoms with E-state index in [0.29, 0.717) is 12.3 Å². The summed E-state index contributed by atoms with van der Waals surface area (Å²) in [6.07, 6.45) is 9.39. The van der Waals surface area contributed by atoms with Gasteiger partial charge in [0.15, 0.2) is 0 Å². The van der Waals surface area contributed by atoms with Crippen molar-refractivity contribution in [2.75, 3.05) is 31.1 Å². The maximum Gasteiger partial charge on any atom is 0.230 e. The van der Waals surface area contributed by atoms with E-state index in [1.807, 2.05) is 30.0 Å². The van der Waals surface area contributed by atoms with Crippen LogP contribution in [-0.4, -0.2) is 53.0 Å². The second kappa shape index (κ2) is 9.42. The third-order valence-corrected chi connectivity index (χ3v) is 6.35. The quantitative estimate of drug-likeness (QED) is 0.824. The van der Waals surface area contributed by atoms with Gasteiger partial charge in [0.05, 0.1) is 5.75 Å². The van der Waals surface area contributed by atoms with E-state index in [0.717, 1.165) is 29.8 Å². The van der Waals surface area contributed by atoms with Crippen LogP contribution in [0.15, 0.2) is 24.4 Å². The van der Waals surface area contributed by atoms with E-state index in [4.69, 9.17) is 0 Å². The molecule has 0 bridgehead atoms. The number of hydrogen-bond acceptors (Lipinski definition) is 4. The van der Waals surface area contributed by atoms with Crippen LogP contribution in [-0.2, 0) is 11.2 Å². The van der Waals surface area contributed by atoms with Crippen molar-refractivity contribution in [3.8, 4) is 0 Å². The Bertz CT molecular complexity index is 509. The molecule has 2 saturated heterocycles. The third-order valence-electron chi connectivity index (χ3n) is 5.22. The van der Waals surface area contributed by atoms with E-state index in [9.17, 15) is 4.79 Å². The second-order valence-corrected chi connectivity index (χ2v) is 7.97. The fourth-order valence-electron chi connectivity index (χ4n) is 4.00. The highest BCUT2D eigenvalue weighted by molar-refractivity contribution is 7.99. The van der Waals surface area contributed by atoms with Gasteiger partial charge >= 0.3 is 0 Å². The minimum Gasteiger partial charge on any atom is -0.355 e. The van der Waals surface area contributed by atoms with Crippen LogP contribution in [0, 0.1) is 5.92 Å². The Hall–Kier alpha value is -1.07. The first kappa shape index (κ1) is 17.7. The van der Waals surface area contributed by atoms with Crippen LogP contribution in [0.3, 0.4) is 0 Å². The van der Waals surface area contributed by atoms with Crippen molar-refractivity contribution in [2.45, 2.75) is 44.6 Å². The van der Waals surface area contributed by atoms with Gasteiger partial charge in [-0.1, -0.05) is 12.5 Å². The zero-order valence-corrected chi connectivity index (χ0v) is 15.3. The van der Waals surface area contributed by atoms with Gasteiger partial charge in [0.1, 0.15) is 0 Å². The van der Waals surface area contributed by atoms with E-state index >= 15 is 0 Å². The monoisotopic (exact) mass is 347 g/mol. The van der Waals surface area contributed by atoms with E-state index in [1.54, 1.807) is 6.20 Å². The molecule has 1 aromatic rings. The molecule has 3 rings (SSSR count). The van der Waals surface area contributed by atoms with Crippen molar-refractivity contribution < 1.29 is 4.79 Å². The summed E-state index contributed by atoms with van der Waals surface area (Å²) in [5, 5.41) is 3.02. The Morgan fingerprint density at radius 3 is 3.04 bits per heavy atom. The Balaban J connectivity index is 1.31. The molecule has 2 aliphatic rings. The number of rotatable bonds is 7. The highest BCUT2D eigenvalue weighted by atomic mass is 32.2. The number of aromatic nitrogens is 1. The molecule has 0 aromatic carbocycles. The molecule has 2 aliphatic heterocycles. The molecule has 2 atom stereocenters. The zero-order chi connectivity index (χ0) is 16.6. The first-order chi connectivity index (χ1) is 11.8. The Kier molecular flexibility index (Phi) is 6.97. The van der Waals surface area contributed by atoms with Crippen molar-refractivity contribution in [3.05, 3.63) is 30.1 Å². The summed E-state index contributed by atoms with van der Waals surface area (Å²) in [5.74, 6) is 2.66. The molecule has 3 heterocycles. The number of fused-ring (bicyclic) bond motifs is 1. The van der Waals surface area contributed by atoms with Gasteiger partial charge in [-0.05, 0) is 62.6 Å².